The fraction of sp³-hybridized carbons (Fsp3) is 0.643. The summed E-state index contributed by atoms with van der Waals surface area (Å²) in [4.78, 5) is 13.5. The van der Waals surface area contributed by atoms with Gasteiger partial charge in [0.15, 0.2) is 0 Å². The van der Waals surface area contributed by atoms with Crippen LogP contribution in [0.3, 0.4) is 0 Å². The van der Waals surface area contributed by atoms with Crippen LogP contribution in [-0.4, -0.2) is 28.6 Å². The van der Waals surface area contributed by atoms with E-state index in [1.54, 1.807) is 6.26 Å². The normalized spacial score (nSPS) is 32.4. The molecule has 1 aliphatic carbocycles. The lowest BCUT2D eigenvalue weighted by molar-refractivity contribution is -0.142. The van der Waals surface area contributed by atoms with Crippen LogP contribution in [-0.2, 0) is 11.2 Å². The molecule has 4 heteroatoms. The van der Waals surface area contributed by atoms with Gasteiger partial charge in [0.2, 0.25) is 0 Å². The topological polar surface area (TPSA) is 53.7 Å². The van der Waals surface area contributed by atoms with Gasteiger partial charge in [-0.15, -0.1) is 0 Å². The highest BCUT2D eigenvalue weighted by molar-refractivity contribution is 5.71. The van der Waals surface area contributed by atoms with Crippen LogP contribution in [0.5, 0.6) is 0 Å². The molecule has 1 aliphatic heterocycles. The highest BCUT2D eigenvalue weighted by atomic mass is 16.4. The van der Waals surface area contributed by atoms with Crippen LogP contribution in [0.2, 0.25) is 0 Å². The maximum atomic E-state index is 11.2. The van der Waals surface area contributed by atoms with Crippen molar-refractivity contribution in [3.63, 3.8) is 0 Å². The minimum Gasteiger partial charge on any atom is -0.481 e. The average molecular weight is 249 g/mol. The lowest BCUT2D eigenvalue weighted by Gasteiger charge is -2.34. The molecule has 0 spiro atoms. The average Bonchev–Trinajstić information content (AvgIpc) is 2.94. The van der Waals surface area contributed by atoms with E-state index < -0.39 is 5.97 Å². The van der Waals surface area contributed by atoms with Crippen molar-refractivity contribution in [2.24, 2.45) is 5.92 Å². The van der Waals surface area contributed by atoms with Crippen LogP contribution in [0.15, 0.2) is 16.7 Å². The Morgan fingerprint density at radius 3 is 3.06 bits per heavy atom. The highest BCUT2D eigenvalue weighted by Gasteiger charge is 2.40. The van der Waals surface area contributed by atoms with Crippen molar-refractivity contribution in [3.8, 4) is 0 Å². The third-order valence-corrected chi connectivity index (χ3v) is 4.54. The van der Waals surface area contributed by atoms with Crippen molar-refractivity contribution in [2.75, 3.05) is 6.54 Å². The molecule has 3 atom stereocenters. The largest absolute Gasteiger partial charge is 0.481 e. The van der Waals surface area contributed by atoms with Gasteiger partial charge in [-0.3, -0.25) is 9.69 Å². The molecule has 0 bridgehead atoms. The van der Waals surface area contributed by atoms with Gasteiger partial charge in [0, 0.05) is 24.1 Å². The number of hydrogen-bond acceptors (Lipinski definition) is 3. The Labute approximate surface area is 107 Å². The summed E-state index contributed by atoms with van der Waals surface area (Å²) < 4.78 is 5.51. The summed E-state index contributed by atoms with van der Waals surface area (Å²) in [5.41, 5.74) is 1.28. The number of carboxylic acids is 1. The van der Waals surface area contributed by atoms with Gasteiger partial charge in [-0.2, -0.15) is 0 Å². The predicted octanol–water partition coefficient (Wildman–Crippen LogP) is 2.45. The second-order valence-corrected chi connectivity index (χ2v) is 5.42. The van der Waals surface area contributed by atoms with Crippen molar-refractivity contribution in [1.29, 1.82) is 0 Å². The second-order valence-electron chi connectivity index (χ2n) is 5.42. The Kier molecular flexibility index (Phi) is 2.90. The fourth-order valence-corrected chi connectivity index (χ4v) is 3.54. The number of aliphatic carboxylic acids is 1. The predicted molar refractivity (Wildman–Crippen MR) is 66.3 cm³/mol. The van der Waals surface area contributed by atoms with E-state index in [-0.39, 0.29) is 12.0 Å². The quantitative estimate of drug-likeness (QED) is 0.874. The van der Waals surface area contributed by atoms with Gasteiger partial charge in [-0.05, 0) is 38.8 Å². The van der Waals surface area contributed by atoms with Gasteiger partial charge in [0.25, 0.3) is 0 Å². The van der Waals surface area contributed by atoms with Crippen LogP contribution in [0.25, 0.3) is 0 Å². The molecule has 2 aliphatic rings. The molecule has 0 saturated carbocycles. The second kappa shape index (κ2) is 4.43. The molecule has 1 aromatic rings. The van der Waals surface area contributed by atoms with Crippen LogP contribution in [0, 0.1) is 5.92 Å². The number of aryl methyl sites for hydroxylation is 1. The zero-order valence-corrected chi connectivity index (χ0v) is 10.6. The molecule has 18 heavy (non-hydrogen) atoms. The van der Waals surface area contributed by atoms with Crippen LogP contribution < -0.4 is 0 Å². The van der Waals surface area contributed by atoms with Crippen LogP contribution >= 0.6 is 0 Å². The highest BCUT2D eigenvalue weighted by Crippen LogP contribution is 2.40. The molecule has 2 heterocycles. The third kappa shape index (κ3) is 1.75. The van der Waals surface area contributed by atoms with Gasteiger partial charge in [-0.1, -0.05) is 0 Å². The molecular weight excluding hydrogens is 230 g/mol. The van der Waals surface area contributed by atoms with E-state index in [4.69, 9.17) is 4.42 Å². The minimum absolute atomic E-state index is 0.119. The van der Waals surface area contributed by atoms with Gasteiger partial charge < -0.3 is 9.52 Å². The number of nitrogens with zero attached hydrogens (tertiary/aromatic N) is 1. The number of fused-ring (bicyclic) bond motifs is 1. The summed E-state index contributed by atoms with van der Waals surface area (Å²) in [5.74, 6) is 0.215. The number of carboxylic acid groups (broad SMARTS) is 1. The smallest absolute Gasteiger partial charge is 0.308 e. The van der Waals surface area contributed by atoms with E-state index in [0.717, 1.165) is 38.0 Å². The van der Waals surface area contributed by atoms with E-state index in [1.807, 2.05) is 6.92 Å². The molecule has 0 radical (unpaired) electrons. The molecule has 1 aromatic heterocycles. The standard InChI is InChI=1S/C14H19NO3/c1-9-10(14(16)17)5-7-15(9)12-3-2-4-13-11(12)6-8-18-13/h6,8-10,12H,2-5,7H2,1H3,(H,16,17). The first-order valence-corrected chi connectivity index (χ1v) is 6.73. The van der Waals surface area contributed by atoms with E-state index in [2.05, 4.69) is 11.0 Å². The zero-order chi connectivity index (χ0) is 12.7. The molecule has 1 saturated heterocycles. The maximum absolute atomic E-state index is 11.2. The lowest BCUT2D eigenvalue weighted by Crippen LogP contribution is -2.37. The Balaban J connectivity index is 1.84. The molecule has 1 N–H and O–H groups in total. The van der Waals surface area contributed by atoms with E-state index in [1.165, 1.54) is 5.56 Å². The molecule has 3 unspecified atom stereocenters. The monoisotopic (exact) mass is 249 g/mol. The number of rotatable bonds is 2. The SMILES string of the molecule is CC1C(C(=O)O)CCN1C1CCCc2occc21. The first kappa shape index (κ1) is 11.8. The molecule has 1 fully saturated rings. The van der Waals surface area contributed by atoms with Gasteiger partial charge in [0.05, 0.1) is 12.2 Å². The van der Waals surface area contributed by atoms with Gasteiger partial charge >= 0.3 is 5.97 Å². The van der Waals surface area contributed by atoms with Crippen LogP contribution in [0.4, 0.5) is 0 Å². The van der Waals surface area contributed by atoms with E-state index >= 15 is 0 Å². The minimum atomic E-state index is -0.659. The number of furan rings is 1. The Morgan fingerprint density at radius 2 is 2.33 bits per heavy atom. The maximum Gasteiger partial charge on any atom is 0.308 e. The number of hydrogen-bond donors (Lipinski definition) is 1. The van der Waals surface area contributed by atoms with Crippen molar-refractivity contribution in [3.05, 3.63) is 23.7 Å². The Bertz CT molecular complexity index is 454. The molecular formula is C14H19NO3. The van der Waals surface area contributed by atoms with Crippen molar-refractivity contribution >= 4 is 5.97 Å². The van der Waals surface area contributed by atoms with E-state index in [9.17, 15) is 9.90 Å². The fourth-order valence-electron chi connectivity index (χ4n) is 3.54. The van der Waals surface area contributed by atoms with E-state index in [0.29, 0.717) is 6.04 Å². The molecule has 3 rings (SSSR count). The lowest BCUT2D eigenvalue weighted by atomic mass is 9.91. The summed E-state index contributed by atoms with van der Waals surface area (Å²) in [6.45, 7) is 2.92. The molecule has 0 aromatic carbocycles. The Hall–Kier alpha value is -1.29. The summed E-state index contributed by atoms with van der Waals surface area (Å²) in [5, 5.41) is 9.21. The van der Waals surface area contributed by atoms with Gasteiger partial charge in [0.1, 0.15) is 5.76 Å². The summed E-state index contributed by atoms with van der Waals surface area (Å²) in [6.07, 6.45) is 5.79. The first-order chi connectivity index (χ1) is 8.68. The van der Waals surface area contributed by atoms with Crippen molar-refractivity contribution < 1.29 is 14.3 Å². The zero-order valence-electron chi connectivity index (χ0n) is 10.6. The Morgan fingerprint density at radius 1 is 1.50 bits per heavy atom. The van der Waals surface area contributed by atoms with Crippen LogP contribution in [0.1, 0.15) is 43.6 Å². The summed E-state index contributed by atoms with van der Waals surface area (Å²) in [7, 11) is 0. The van der Waals surface area contributed by atoms with Crippen molar-refractivity contribution in [2.45, 2.75) is 44.7 Å². The first-order valence-electron chi connectivity index (χ1n) is 6.73. The third-order valence-electron chi connectivity index (χ3n) is 4.54. The molecule has 4 nitrogen and oxygen atoms in total. The summed E-state index contributed by atoms with van der Waals surface area (Å²) in [6, 6.07) is 2.53. The van der Waals surface area contributed by atoms with Gasteiger partial charge in [-0.25, -0.2) is 0 Å². The molecule has 0 amide bonds. The number of carbonyl (C=O) groups is 1. The molecule has 98 valence electrons. The van der Waals surface area contributed by atoms with Crippen molar-refractivity contribution in [1.82, 2.24) is 4.90 Å². The number of likely N-dealkylation sites (tertiary alicyclic amines) is 1. The summed E-state index contributed by atoms with van der Waals surface area (Å²) >= 11 is 0.